The SMILES string of the molecule is Cc1nn(C)c(N2CCC(C(=O)N[C@H](C)C(C)C)CC2)c1[N+](=O)[O-]. The standard InChI is InChI=1S/C16H27N5O3/c1-10(2)11(3)17-15(22)13-6-8-20(9-7-13)16-14(21(23)24)12(4)18-19(16)5/h10-11,13H,6-9H2,1-5H3,(H,17,22)/t11-/m1/s1. The van der Waals surface area contributed by atoms with Crippen molar-refractivity contribution in [3.63, 3.8) is 0 Å². The van der Waals surface area contributed by atoms with Crippen molar-refractivity contribution in [2.24, 2.45) is 18.9 Å². The zero-order valence-corrected chi connectivity index (χ0v) is 15.1. The molecule has 2 rings (SSSR count). The monoisotopic (exact) mass is 337 g/mol. The molecule has 0 bridgehead atoms. The number of aryl methyl sites for hydroxylation is 2. The lowest BCUT2D eigenvalue weighted by atomic mass is 9.94. The van der Waals surface area contributed by atoms with Crippen LogP contribution >= 0.6 is 0 Å². The zero-order valence-electron chi connectivity index (χ0n) is 15.1. The van der Waals surface area contributed by atoms with Gasteiger partial charge in [-0.3, -0.25) is 14.9 Å². The predicted molar refractivity (Wildman–Crippen MR) is 92.0 cm³/mol. The molecule has 0 saturated carbocycles. The molecule has 8 nitrogen and oxygen atoms in total. The second kappa shape index (κ2) is 7.19. The van der Waals surface area contributed by atoms with Crippen LogP contribution in [0.1, 0.15) is 39.3 Å². The zero-order chi connectivity index (χ0) is 18.0. The van der Waals surface area contributed by atoms with Gasteiger partial charge in [-0.2, -0.15) is 5.10 Å². The summed E-state index contributed by atoms with van der Waals surface area (Å²) in [6.07, 6.45) is 1.38. The maximum atomic E-state index is 12.3. The summed E-state index contributed by atoms with van der Waals surface area (Å²) in [5, 5.41) is 18.6. The maximum Gasteiger partial charge on any atom is 0.333 e. The average Bonchev–Trinajstić information content (AvgIpc) is 2.81. The summed E-state index contributed by atoms with van der Waals surface area (Å²) >= 11 is 0. The molecule has 0 unspecified atom stereocenters. The van der Waals surface area contributed by atoms with Gasteiger partial charge in [0.05, 0.1) is 4.92 Å². The highest BCUT2D eigenvalue weighted by atomic mass is 16.6. The average molecular weight is 337 g/mol. The Kier molecular flexibility index (Phi) is 5.46. The van der Waals surface area contributed by atoms with Crippen LogP contribution in [0.4, 0.5) is 11.5 Å². The Morgan fingerprint density at radius 3 is 2.42 bits per heavy atom. The highest BCUT2D eigenvalue weighted by molar-refractivity contribution is 5.79. The van der Waals surface area contributed by atoms with E-state index in [-0.39, 0.29) is 28.5 Å². The molecule has 1 amide bonds. The van der Waals surface area contributed by atoms with Gasteiger partial charge in [-0.05, 0) is 32.6 Å². The molecule has 0 aliphatic carbocycles. The molecule has 1 saturated heterocycles. The largest absolute Gasteiger partial charge is 0.353 e. The number of nitrogens with one attached hydrogen (secondary N) is 1. The number of aromatic nitrogens is 2. The molecule has 0 radical (unpaired) electrons. The van der Waals surface area contributed by atoms with Gasteiger partial charge in [-0.1, -0.05) is 13.8 Å². The van der Waals surface area contributed by atoms with Gasteiger partial charge in [0.15, 0.2) is 0 Å². The second-order valence-corrected chi connectivity index (χ2v) is 6.94. The van der Waals surface area contributed by atoms with Crippen LogP contribution in [0, 0.1) is 28.9 Å². The number of hydrogen-bond acceptors (Lipinski definition) is 5. The van der Waals surface area contributed by atoms with Crippen LogP contribution in [0.25, 0.3) is 0 Å². The summed E-state index contributed by atoms with van der Waals surface area (Å²) in [6, 6.07) is 0.149. The van der Waals surface area contributed by atoms with Gasteiger partial charge in [0.2, 0.25) is 11.7 Å². The van der Waals surface area contributed by atoms with Crippen molar-refractivity contribution in [2.45, 2.75) is 46.6 Å². The number of piperidine rings is 1. The number of carbonyl (C=O) groups excluding carboxylic acids is 1. The smallest absolute Gasteiger partial charge is 0.333 e. The highest BCUT2D eigenvalue weighted by Crippen LogP contribution is 2.33. The van der Waals surface area contributed by atoms with Crippen LogP contribution in [0.15, 0.2) is 0 Å². The lowest BCUT2D eigenvalue weighted by Crippen LogP contribution is -2.44. The minimum atomic E-state index is -0.374. The van der Waals surface area contributed by atoms with Gasteiger partial charge in [0.1, 0.15) is 5.69 Å². The number of nitro groups is 1. The fraction of sp³-hybridized carbons (Fsp3) is 0.750. The third kappa shape index (κ3) is 3.68. The van der Waals surface area contributed by atoms with Crippen LogP contribution in [0.3, 0.4) is 0 Å². The van der Waals surface area contributed by atoms with Gasteiger partial charge in [0, 0.05) is 32.1 Å². The number of hydrogen-bond donors (Lipinski definition) is 1. The topological polar surface area (TPSA) is 93.3 Å². The quantitative estimate of drug-likeness (QED) is 0.655. The maximum absolute atomic E-state index is 12.3. The third-order valence-electron chi connectivity index (χ3n) is 4.88. The molecule has 8 heteroatoms. The summed E-state index contributed by atoms with van der Waals surface area (Å²) in [5.41, 5.74) is 0.483. The summed E-state index contributed by atoms with van der Waals surface area (Å²) in [4.78, 5) is 25.3. The van der Waals surface area contributed by atoms with Crippen molar-refractivity contribution in [1.82, 2.24) is 15.1 Å². The lowest BCUT2D eigenvalue weighted by Gasteiger charge is -2.33. The van der Waals surface area contributed by atoms with Crippen molar-refractivity contribution in [1.29, 1.82) is 0 Å². The molecule has 1 aromatic heterocycles. The molecule has 1 fully saturated rings. The van der Waals surface area contributed by atoms with Crippen LogP contribution in [0.5, 0.6) is 0 Å². The molecule has 1 aliphatic heterocycles. The van der Waals surface area contributed by atoms with Gasteiger partial charge in [0.25, 0.3) is 0 Å². The molecule has 2 heterocycles. The van der Waals surface area contributed by atoms with Crippen molar-refractivity contribution in [2.75, 3.05) is 18.0 Å². The van der Waals surface area contributed by atoms with E-state index in [0.29, 0.717) is 43.4 Å². The Bertz CT molecular complexity index is 617. The molecule has 1 aliphatic rings. The van der Waals surface area contributed by atoms with Gasteiger partial charge in [-0.25, -0.2) is 4.68 Å². The van der Waals surface area contributed by atoms with Crippen molar-refractivity contribution in [3.05, 3.63) is 15.8 Å². The van der Waals surface area contributed by atoms with E-state index < -0.39 is 0 Å². The number of nitrogens with zero attached hydrogens (tertiary/aromatic N) is 4. The normalized spacial score (nSPS) is 17.2. The molecule has 1 N–H and O–H groups in total. The van der Waals surface area contributed by atoms with E-state index in [0.717, 1.165) is 0 Å². The highest BCUT2D eigenvalue weighted by Gasteiger charge is 2.33. The number of carbonyl (C=O) groups is 1. The number of amides is 1. The van der Waals surface area contributed by atoms with E-state index in [4.69, 9.17) is 0 Å². The first-order valence-electron chi connectivity index (χ1n) is 8.45. The van der Waals surface area contributed by atoms with Crippen molar-refractivity contribution < 1.29 is 9.72 Å². The molecule has 134 valence electrons. The first kappa shape index (κ1) is 18.2. The molecular formula is C16H27N5O3. The van der Waals surface area contributed by atoms with Crippen LogP contribution < -0.4 is 10.2 Å². The molecule has 1 atom stereocenters. The van der Waals surface area contributed by atoms with E-state index >= 15 is 0 Å². The molecular weight excluding hydrogens is 310 g/mol. The van der Waals surface area contributed by atoms with E-state index in [2.05, 4.69) is 24.3 Å². The minimum absolute atomic E-state index is 0.0316. The van der Waals surface area contributed by atoms with E-state index in [1.54, 1.807) is 18.7 Å². The van der Waals surface area contributed by atoms with Gasteiger partial charge in [-0.15, -0.1) is 0 Å². The van der Waals surface area contributed by atoms with Crippen molar-refractivity contribution in [3.8, 4) is 0 Å². The molecule has 1 aromatic rings. The fourth-order valence-electron chi connectivity index (χ4n) is 3.07. The molecule has 0 aromatic carbocycles. The first-order chi connectivity index (χ1) is 11.2. The fourth-order valence-corrected chi connectivity index (χ4v) is 3.07. The third-order valence-corrected chi connectivity index (χ3v) is 4.88. The second-order valence-electron chi connectivity index (χ2n) is 6.94. The predicted octanol–water partition coefficient (Wildman–Crippen LogP) is 2.01. The summed E-state index contributed by atoms with van der Waals surface area (Å²) in [5.74, 6) is 0.989. The van der Waals surface area contributed by atoms with E-state index in [1.165, 1.54) is 0 Å². The minimum Gasteiger partial charge on any atom is -0.353 e. The summed E-state index contributed by atoms with van der Waals surface area (Å²) in [7, 11) is 1.72. The Balaban J connectivity index is 2.03. The first-order valence-corrected chi connectivity index (χ1v) is 8.45. The summed E-state index contributed by atoms with van der Waals surface area (Å²) in [6.45, 7) is 9.06. The number of rotatable bonds is 5. The number of anilines is 1. The Morgan fingerprint density at radius 2 is 1.92 bits per heavy atom. The van der Waals surface area contributed by atoms with Crippen LogP contribution in [0.2, 0.25) is 0 Å². The molecule has 0 spiro atoms. The Hall–Kier alpha value is -2.12. The lowest BCUT2D eigenvalue weighted by molar-refractivity contribution is -0.384. The van der Waals surface area contributed by atoms with Gasteiger partial charge < -0.3 is 10.2 Å². The Labute approximate surface area is 142 Å². The van der Waals surface area contributed by atoms with Crippen LogP contribution in [-0.2, 0) is 11.8 Å². The van der Waals surface area contributed by atoms with E-state index in [1.807, 2.05) is 11.8 Å². The Morgan fingerprint density at radius 1 is 1.33 bits per heavy atom. The van der Waals surface area contributed by atoms with Gasteiger partial charge >= 0.3 is 5.69 Å². The summed E-state index contributed by atoms with van der Waals surface area (Å²) < 4.78 is 1.56. The van der Waals surface area contributed by atoms with E-state index in [9.17, 15) is 14.9 Å². The van der Waals surface area contributed by atoms with Crippen molar-refractivity contribution >= 4 is 17.4 Å². The van der Waals surface area contributed by atoms with Crippen LogP contribution in [-0.4, -0.2) is 39.7 Å². The molecule has 24 heavy (non-hydrogen) atoms.